The van der Waals surface area contributed by atoms with Gasteiger partial charge in [0.1, 0.15) is 48.1 Å². The standard InChI is InChI=1S/C48H68N8O11/c1-9-27(6)40-45(63)54-39(26(4)5)48(66)67-29(8)42(53-38(60)24-50-37(59)16-12-13-25(2)3)47(65)52-35(21-30-17-19-32(58)20-18-30)43(61)51-36(44(62)56-41(28(7)57)46(64)55-40)22-31-23-49-34-15-11-10-14-33(31)34/h10-11,14-15,17-20,23,25-29,35-36,39-42,49,57-58H,9,12-13,16,21-22,24H2,1-8H3,(H,50,59)(H,51,61)(H,52,65)(H,53,60)(H,54,63)(H,55,64)(H,56,62)/t27-,28+,29-,35-,36-,39+,40+,41-,42-/m1/s1. The van der Waals surface area contributed by atoms with Crippen LogP contribution in [0.25, 0.3) is 10.9 Å². The number of rotatable bonds is 15. The van der Waals surface area contributed by atoms with Crippen molar-refractivity contribution in [1.29, 1.82) is 0 Å². The lowest BCUT2D eigenvalue weighted by atomic mass is 9.96. The number of amides is 7. The number of aromatic amines is 1. The number of carbonyl (C=O) groups is 8. The maximum atomic E-state index is 14.6. The predicted molar refractivity (Wildman–Crippen MR) is 249 cm³/mol. The van der Waals surface area contributed by atoms with E-state index in [9.17, 15) is 48.6 Å². The summed E-state index contributed by atoms with van der Waals surface area (Å²) in [6, 6.07) is 4.19. The van der Waals surface area contributed by atoms with Crippen molar-refractivity contribution in [1.82, 2.24) is 42.2 Å². The van der Waals surface area contributed by atoms with Crippen molar-refractivity contribution in [2.45, 2.75) is 142 Å². The number of aromatic hydroxyl groups is 1. The number of ether oxygens (including phenoxy) is 1. The molecule has 10 N–H and O–H groups in total. The number of hydrogen-bond donors (Lipinski definition) is 10. The fraction of sp³-hybridized carbons (Fsp3) is 0.542. The smallest absolute Gasteiger partial charge is 0.329 e. The van der Waals surface area contributed by atoms with Crippen LogP contribution in [0.3, 0.4) is 0 Å². The van der Waals surface area contributed by atoms with E-state index >= 15 is 0 Å². The van der Waals surface area contributed by atoms with Gasteiger partial charge in [0.25, 0.3) is 0 Å². The number of carbonyl (C=O) groups excluding carboxylic acids is 8. The minimum absolute atomic E-state index is 0.0679. The van der Waals surface area contributed by atoms with Gasteiger partial charge in [0, 0.05) is 36.4 Å². The number of aromatic nitrogens is 1. The normalized spacial score (nSPS) is 23.6. The molecule has 19 heteroatoms. The second-order valence-corrected chi connectivity index (χ2v) is 18.1. The number of nitrogens with one attached hydrogen (secondary N) is 8. The molecular weight excluding hydrogens is 865 g/mol. The summed E-state index contributed by atoms with van der Waals surface area (Å²) in [4.78, 5) is 115. The third-order valence-corrected chi connectivity index (χ3v) is 11.8. The molecule has 0 spiro atoms. The first kappa shape index (κ1) is 53.1. The average Bonchev–Trinajstić information content (AvgIpc) is 3.68. The molecule has 0 saturated carbocycles. The molecule has 1 saturated heterocycles. The molecule has 67 heavy (non-hydrogen) atoms. The third-order valence-electron chi connectivity index (χ3n) is 11.8. The van der Waals surface area contributed by atoms with Crippen molar-refractivity contribution in [3.05, 3.63) is 65.9 Å². The van der Waals surface area contributed by atoms with Gasteiger partial charge in [-0.1, -0.05) is 84.7 Å². The highest BCUT2D eigenvalue weighted by molar-refractivity contribution is 5.98. The number of phenolic OH excluding ortho intramolecular Hbond substituents is 1. The van der Waals surface area contributed by atoms with E-state index in [2.05, 4.69) is 42.2 Å². The minimum atomic E-state index is -1.68. The van der Waals surface area contributed by atoms with E-state index in [1.807, 2.05) is 32.0 Å². The van der Waals surface area contributed by atoms with E-state index in [-0.39, 0.29) is 30.9 Å². The van der Waals surface area contributed by atoms with Crippen molar-refractivity contribution in [3.8, 4) is 5.75 Å². The summed E-state index contributed by atoms with van der Waals surface area (Å²) in [5.41, 5.74) is 1.80. The number of para-hydroxylation sites is 1. The number of cyclic esters (lactones) is 1. The van der Waals surface area contributed by atoms with Crippen molar-refractivity contribution in [2.75, 3.05) is 6.54 Å². The van der Waals surface area contributed by atoms with Crippen LogP contribution >= 0.6 is 0 Å². The summed E-state index contributed by atoms with van der Waals surface area (Å²) in [5.74, 6) is -7.46. The van der Waals surface area contributed by atoms with Crippen molar-refractivity contribution in [3.63, 3.8) is 0 Å². The molecule has 3 aromatic rings. The molecule has 2 aromatic carbocycles. The topological polar surface area (TPSA) is 286 Å². The zero-order valence-electron chi connectivity index (χ0n) is 39.6. The number of phenols is 1. The second kappa shape index (κ2) is 24.9. The summed E-state index contributed by atoms with van der Waals surface area (Å²) in [6.07, 6.45) is 0.301. The highest BCUT2D eigenvalue weighted by atomic mass is 16.5. The molecule has 9 atom stereocenters. The SMILES string of the molecule is CC[C@@H](C)[C@@H]1NC(=O)[C@@H]([C@H](C)O)NC(=O)[C@@H](Cc2c[nH]c3ccccc23)NC(=O)[C@@H](Cc2ccc(O)cc2)NC(=O)[C@H](NC(=O)CNC(=O)CCCC(C)C)[C@@H](C)OC(=O)[C@H](C(C)C)NC1=O. The van der Waals surface area contributed by atoms with Gasteiger partial charge in [-0.2, -0.15) is 0 Å². The lowest BCUT2D eigenvalue weighted by Gasteiger charge is -2.31. The molecule has 1 aliphatic heterocycles. The summed E-state index contributed by atoms with van der Waals surface area (Å²) in [6.45, 7) is 12.9. The first-order chi connectivity index (χ1) is 31.7. The molecule has 366 valence electrons. The largest absolute Gasteiger partial charge is 0.508 e. The Kier molecular flexibility index (Phi) is 19.7. The van der Waals surface area contributed by atoms with Gasteiger partial charge in [-0.05, 0) is 67.3 Å². The molecule has 0 unspecified atom stereocenters. The van der Waals surface area contributed by atoms with Gasteiger partial charge >= 0.3 is 5.97 Å². The molecule has 2 heterocycles. The molecular formula is C48H68N8O11. The van der Waals surface area contributed by atoms with Crippen LogP contribution in [0.15, 0.2) is 54.7 Å². The molecule has 19 nitrogen and oxygen atoms in total. The number of aliphatic hydroxyl groups excluding tert-OH is 1. The van der Waals surface area contributed by atoms with Crippen molar-refractivity contribution < 1.29 is 53.3 Å². The fourth-order valence-corrected chi connectivity index (χ4v) is 7.57. The maximum Gasteiger partial charge on any atom is 0.329 e. The first-order valence-electron chi connectivity index (χ1n) is 23.0. The first-order valence-corrected chi connectivity index (χ1v) is 23.0. The van der Waals surface area contributed by atoms with Crippen LogP contribution in [-0.4, -0.2) is 118 Å². The van der Waals surface area contributed by atoms with Crippen LogP contribution in [0, 0.1) is 17.8 Å². The van der Waals surface area contributed by atoms with Crippen LogP contribution < -0.4 is 37.2 Å². The Morgan fingerprint density at radius 3 is 1.97 bits per heavy atom. The minimum Gasteiger partial charge on any atom is -0.508 e. The Balaban J connectivity index is 1.82. The summed E-state index contributed by atoms with van der Waals surface area (Å²) >= 11 is 0. The van der Waals surface area contributed by atoms with E-state index in [0.717, 1.165) is 17.3 Å². The van der Waals surface area contributed by atoms with Crippen molar-refractivity contribution in [2.24, 2.45) is 17.8 Å². The monoisotopic (exact) mass is 933 g/mol. The lowest BCUT2D eigenvalue weighted by molar-refractivity contribution is -0.157. The molecule has 1 aliphatic rings. The lowest BCUT2D eigenvalue weighted by Crippen LogP contribution is -2.62. The zero-order chi connectivity index (χ0) is 49.5. The molecule has 1 aromatic heterocycles. The quantitative estimate of drug-likeness (QED) is 0.0976. The van der Waals surface area contributed by atoms with E-state index in [1.165, 1.54) is 38.1 Å². The fourth-order valence-electron chi connectivity index (χ4n) is 7.57. The molecule has 7 amide bonds. The van der Waals surface area contributed by atoms with Gasteiger partial charge in [-0.25, -0.2) is 4.79 Å². The van der Waals surface area contributed by atoms with E-state index < -0.39 is 108 Å². The Hall–Kier alpha value is -6.50. The van der Waals surface area contributed by atoms with Crippen molar-refractivity contribution >= 4 is 58.2 Å². The second-order valence-electron chi connectivity index (χ2n) is 18.1. The van der Waals surface area contributed by atoms with E-state index in [1.54, 1.807) is 40.0 Å². The molecule has 4 rings (SSSR count). The van der Waals surface area contributed by atoms with Gasteiger partial charge in [0.2, 0.25) is 41.4 Å². The Morgan fingerprint density at radius 2 is 1.33 bits per heavy atom. The van der Waals surface area contributed by atoms with Gasteiger partial charge in [-0.15, -0.1) is 0 Å². The number of H-pyrrole nitrogens is 1. The van der Waals surface area contributed by atoms with Crippen LogP contribution in [0.2, 0.25) is 0 Å². The zero-order valence-corrected chi connectivity index (χ0v) is 39.6. The number of aliphatic hydroxyl groups is 1. The molecule has 0 bridgehead atoms. The van der Waals surface area contributed by atoms with Gasteiger partial charge < -0.3 is 57.2 Å². The van der Waals surface area contributed by atoms with E-state index in [0.29, 0.717) is 29.9 Å². The van der Waals surface area contributed by atoms with Gasteiger partial charge in [0.15, 0.2) is 0 Å². The summed E-state index contributed by atoms with van der Waals surface area (Å²) in [7, 11) is 0. The van der Waals surface area contributed by atoms with Gasteiger partial charge in [0.05, 0.1) is 12.6 Å². The molecule has 0 radical (unpaired) electrons. The third kappa shape index (κ3) is 15.5. The van der Waals surface area contributed by atoms with Gasteiger partial charge in [-0.3, -0.25) is 33.6 Å². The Labute approximate surface area is 391 Å². The highest BCUT2D eigenvalue weighted by Gasteiger charge is 2.39. The molecule has 1 fully saturated rings. The summed E-state index contributed by atoms with van der Waals surface area (Å²) < 4.78 is 5.81. The highest BCUT2D eigenvalue weighted by Crippen LogP contribution is 2.21. The number of esters is 1. The molecule has 0 aliphatic carbocycles. The number of benzene rings is 2. The Morgan fingerprint density at radius 1 is 0.731 bits per heavy atom. The van der Waals surface area contributed by atoms with E-state index in [4.69, 9.17) is 4.74 Å². The number of fused-ring (bicyclic) bond motifs is 1. The Bertz CT molecular complexity index is 2210. The average molecular weight is 933 g/mol. The summed E-state index contributed by atoms with van der Waals surface area (Å²) in [5, 5.41) is 40.0. The van der Waals surface area contributed by atoms with Crippen LogP contribution in [-0.2, 0) is 55.9 Å². The van der Waals surface area contributed by atoms with Crippen LogP contribution in [0.1, 0.15) is 92.2 Å². The predicted octanol–water partition coefficient (Wildman–Crippen LogP) is 1.54. The number of hydrogen-bond acceptors (Lipinski definition) is 11. The maximum absolute atomic E-state index is 14.6. The van der Waals surface area contributed by atoms with Crippen LogP contribution in [0.5, 0.6) is 5.75 Å². The van der Waals surface area contributed by atoms with Crippen LogP contribution in [0.4, 0.5) is 0 Å².